The number of nitrogens with one attached hydrogen (secondary N) is 1. The molecule has 1 saturated carbocycles. The zero-order valence-corrected chi connectivity index (χ0v) is 11.0. The molecule has 0 aromatic rings. The predicted molar refractivity (Wildman–Crippen MR) is 66.2 cm³/mol. The summed E-state index contributed by atoms with van der Waals surface area (Å²) < 4.78 is 5.08. The number of methoxy groups -OCH3 is 1. The van der Waals surface area contributed by atoms with Crippen molar-refractivity contribution in [3.8, 4) is 0 Å². The van der Waals surface area contributed by atoms with E-state index in [1.54, 1.807) is 14.0 Å². The highest BCUT2D eigenvalue weighted by Gasteiger charge is 2.38. The lowest BCUT2D eigenvalue weighted by Gasteiger charge is -2.33. The smallest absolute Gasteiger partial charge is 0.324 e. The second-order valence-corrected chi connectivity index (χ2v) is 4.86. The van der Waals surface area contributed by atoms with E-state index in [9.17, 15) is 9.90 Å². The van der Waals surface area contributed by atoms with Gasteiger partial charge < -0.3 is 15.2 Å². The van der Waals surface area contributed by atoms with Crippen molar-refractivity contribution in [2.24, 2.45) is 0 Å². The molecule has 2 N–H and O–H groups in total. The van der Waals surface area contributed by atoms with Crippen molar-refractivity contribution in [1.29, 1.82) is 0 Å². The maximum Gasteiger partial charge on any atom is 0.324 e. The van der Waals surface area contributed by atoms with Gasteiger partial charge in [-0.2, -0.15) is 0 Å². The Bertz CT molecular complexity index is 256. The Morgan fingerprint density at radius 1 is 1.59 bits per heavy atom. The molecule has 0 aliphatic heterocycles. The van der Waals surface area contributed by atoms with Gasteiger partial charge in [-0.25, -0.2) is 0 Å². The van der Waals surface area contributed by atoms with E-state index >= 15 is 0 Å². The lowest BCUT2D eigenvalue weighted by molar-refractivity contribution is -0.145. The lowest BCUT2D eigenvalue weighted by atomic mass is 10.0. The van der Waals surface area contributed by atoms with Crippen molar-refractivity contribution in [2.45, 2.75) is 38.3 Å². The first-order chi connectivity index (χ1) is 8.03. The number of ether oxygens (including phenoxy) is 1. The number of aliphatic carboxylic acids is 1. The van der Waals surface area contributed by atoms with E-state index < -0.39 is 11.5 Å². The fourth-order valence-electron chi connectivity index (χ4n) is 2.03. The van der Waals surface area contributed by atoms with Crippen LogP contribution in [-0.2, 0) is 9.53 Å². The summed E-state index contributed by atoms with van der Waals surface area (Å²) in [5.74, 6) is -0.789. The quantitative estimate of drug-likeness (QED) is 0.620. The minimum absolute atomic E-state index is 0.532. The van der Waals surface area contributed by atoms with Crippen LogP contribution in [-0.4, -0.2) is 60.9 Å². The number of nitrogens with zero attached hydrogens (tertiary/aromatic N) is 1. The molecule has 1 unspecified atom stereocenters. The molecular formula is C12H24N2O3. The highest BCUT2D eigenvalue weighted by molar-refractivity contribution is 5.78. The number of hydrogen-bond acceptors (Lipinski definition) is 4. The van der Waals surface area contributed by atoms with Crippen LogP contribution in [0.1, 0.15) is 26.7 Å². The first-order valence-corrected chi connectivity index (χ1v) is 6.25. The Balaban J connectivity index is 2.58. The summed E-state index contributed by atoms with van der Waals surface area (Å²) in [5, 5.41) is 12.4. The van der Waals surface area contributed by atoms with Crippen LogP contribution in [0.25, 0.3) is 0 Å². The van der Waals surface area contributed by atoms with Gasteiger partial charge in [-0.1, -0.05) is 6.92 Å². The molecule has 1 atom stereocenters. The average Bonchev–Trinajstić information content (AvgIpc) is 3.08. The SMILES string of the molecule is CCNC(C)(CN(CCOC)C1CC1)C(=O)O. The molecule has 100 valence electrons. The van der Waals surface area contributed by atoms with Crippen LogP contribution in [0.3, 0.4) is 0 Å². The number of carboxylic acids is 1. The Morgan fingerprint density at radius 2 is 2.24 bits per heavy atom. The number of carboxylic acid groups (broad SMARTS) is 1. The summed E-state index contributed by atoms with van der Waals surface area (Å²) in [6, 6.07) is 0.544. The van der Waals surface area contributed by atoms with E-state index in [2.05, 4.69) is 10.2 Å². The van der Waals surface area contributed by atoms with Crippen LogP contribution in [0, 0.1) is 0 Å². The topological polar surface area (TPSA) is 61.8 Å². The molecule has 0 saturated heterocycles. The van der Waals surface area contributed by atoms with Gasteiger partial charge in [-0.15, -0.1) is 0 Å². The summed E-state index contributed by atoms with van der Waals surface area (Å²) in [6.45, 7) is 6.32. The van der Waals surface area contributed by atoms with Crippen LogP contribution < -0.4 is 5.32 Å². The Labute approximate surface area is 103 Å². The van der Waals surface area contributed by atoms with Crippen LogP contribution in [0.5, 0.6) is 0 Å². The van der Waals surface area contributed by atoms with E-state index in [0.29, 0.717) is 25.7 Å². The van der Waals surface area contributed by atoms with Gasteiger partial charge in [0.2, 0.25) is 0 Å². The average molecular weight is 244 g/mol. The molecule has 1 aliphatic carbocycles. The molecule has 1 aliphatic rings. The van der Waals surface area contributed by atoms with Crippen molar-refractivity contribution in [3.05, 3.63) is 0 Å². The van der Waals surface area contributed by atoms with Gasteiger partial charge in [0.05, 0.1) is 6.61 Å². The van der Waals surface area contributed by atoms with Gasteiger partial charge in [-0.3, -0.25) is 9.69 Å². The molecule has 0 radical (unpaired) electrons. The molecule has 0 heterocycles. The maximum atomic E-state index is 11.3. The highest BCUT2D eigenvalue weighted by Crippen LogP contribution is 2.28. The molecule has 17 heavy (non-hydrogen) atoms. The van der Waals surface area contributed by atoms with E-state index in [4.69, 9.17) is 4.74 Å². The van der Waals surface area contributed by atoms with Gasteiger partial charge in [0.15, 0.2) is 0 Å². The van der Waals surface area contributed by atoms with Crippen molar-refractivity contribution in [1.82, 2.24) is 10.2 Å². The summed E-state index contributed by atoms with van der Waals surface area (Å²) in [4.78, 5) is 13.6. The van der Waals surface area contributed by atoms with Crippen LogP contribution in [0.2, 0.25) is 0 Å². The van der Waals surface area contributed by atoms with Gasteiger partial charge in [-0.05, 0) is 26.3 Å². The van der Waals surface area contributed by atoms with Crippen molar-refractivity contribution < 1.29 is 14.6 Å². The van der Waals surface area contributed by atoms with Crippen LogP contribution in [0.15, 0.2) is 0 Å². The number of likely N-dealkylation sites (N-methyl/N-ethyl adjacent to an activating group) is 1. The predicted octanol–water partition coefficient (Wildman–Crippen LogP) is 0.550. The van der Waals surface area contributed by atoms with E-state index in [0.717, 1.165) is 6.54 Å². The first kappa shape index (κ1) is 14.4. The molecule has 0 amide bonds. The normalized spacial score (nSPS) is 19.3. The van der Waals surface area contributed by atoms with Crippen LogP contribution in [0.4, 0.5) is 0 Å². The zero-order valence-electron chi connectivity index (χ0n) is 11.0. The van der Waals surface area contributed by atoms with Gasteiger partial charge in [0, 0.05) is 26.2 Å². The molecule has 0 aromatic carbocycles. The van der Waals surface area contributed by atoms with Gasteiger partial charge in [0.25, 0.3) is 0 Å². The molecule has 0 spiro atoms. The summed E-state index contributed by atoms with van der Waals surface area (Å²) in [6.07, 6.45) is 2.34. The zero-order chi connectivity index (χ0) is 12.9. The third-order valence-corrected chi connectivity index (χ3v) is 3.20. The first-order valence-electron chi connectivity index (χ1n) is 6.25. The second kappa shape index (κ2) is 6.33. The minimum atomic E-state index is -0.870. The Morgan fingerprint density at radius 3 is 2.65 bits per heavy atom. The largest absolute Gasteiger partial charge is 0.480 e. The molecular weight excluding hydrogens is 220 g/mol. The third kappa shape index (κ3) is 4.26. The monoisotopic (exact) mass is 244 g/mol. The van der Waals surface area contributed by atoms with E-state index in [1.807, 2.05) is 6.92 Å². The Kier molecular flexibility index (Phi) is 5.36. The molecule has 0 bridgehead atoms. The third-order valence-electron chi connectivity index (χ3n) is 3.20. The summed E-state index contributed by atoms with van der Waals surface area (Å²) >= 11 is 0. The highest BCUT2D eigenvalue weighted by atomic mass is 16.5. The van der Waals surface area contributed by atoms with Gasteiger partial charge >= 0.3 is 5.97 Å². The lowest BCUT2D eigenvalue weighted by Crippen LogP contribution is -2.57. The number of carbonyl (C=O) groups is 1. The fraction of sp³-hybridized carbons (Fsp3) is 0.917. The fourth-order valence-corrected chi connectivity index (χ4v) is 2.03. The van der Waals surface area contributed by atoms with E-state index in [-0.39, 0.29) is 0 Å². The molecule has 1 rings (SSSR count). The van der Waals surface area contributed by atoms with Crippen molar-refractivity contribution in [3.63, 3.8) is 0 Å². The molecule has 0 aromatic heterocycles. The molecule has 1 fully saturated rings. The summed E-state index contributed by atoms with van der Waals surface area (Å²) in [7, 11) is 1.67. The minimum Gasteiger partial charge on any atom is -0.480 e. The standard InChI is InChI=1S/C12H24N2O3/c1-4-13-12(2,11(15)16)9-14(7-8-17-3)10-5-6-10/h10,13H,4-9H2,1-3H3,(H,15,16). The Hall–Kier alpha value is -0.650. The van der Waals surface area contributed by atoms with Crippen molar-refractivity contribution in [2.75, 3.05) is 33.4 Å². The van der Waals surface area contributed by atoms with E-state index in [1.165, 1.54) is 12.8 Å². The maximum absolute atomic E-state index is 11.3. The summed E-state index contributed by atoms with van der Waals surface area (Å²) in [5.41, 5.74) is -0.870. The number of rotatable bonds is 9. The molecule has 5 heteroatoms. The van der Waals surface area contributed by atoms with Crippen LogP contribution >= 0.6 is 0 Å². The number of hydrogen-bond donors (Lipinski definition) is 2. The van der Waals surface area contributed by atoms with Crippen molar-refractivity contribution >= 4 is 5.97 Å². The second-order valence-electron chi connectivity index (χ2n) is 4.86. The van der Waals surface area contributed by atoms with Gasteiger partial charge in [0.1, 0.15) is 5.54 Å². The molecule has 5 nitrogen and oxygen atoms in total.